The van der Waals surface area contributed by atoms with Crippen molar-refractivity contribution < 1.29 is 9.63 Å². The lowest BCUT2D eigenvalue weighted by Gasteiger charge is -2.04. The van der Waals surface area contributed by atoms with E-state index in [1.165, 1.54) is 0 Å². The van der Waals surface area contributed by atoms with E-state index >= 15 is 0 Å². The molecule has 122 valence electrons. The van der Waals surface area contributed by atoms with Crippen molar-refractivity contribution in [2.45, 2.75) is 13.8 Å². The Hall–Kier alpha value is -2.92. The van der Waals surface area contributed by atoms with Gasteiger partial charge in [0.15, 0.2) is 0 Å². The standard InChI is InChI=1S/C19H19N3O2/c1-3-24-21-19(23)17-13-22(16-7-5-4-6-8-16)20-18(17)15-11-9-14(2)10-12-15/h4-13H,3H2,1-2H3,(H,21,23). The molecule has 0 unspecified atom stereocenters. The number of aromatic nitrogens is 2. The fourth-order valence-electron chi connectivity index (χ4n) is 2.37. The van der Waals surface area contributed by atoms with Crippen LogP contribution in [-0.2, 0) is 4.84 Å². The van der Waals surface area contributed by atoms with Crippen LogP contribution in [0.2, 0.25) is 0 Å². The van der Waals surface area contributed by atoms with Crippen molar-refractivity contribution in [2.75, 3.05) is 6.61 Å². The molecule has 0 radical (unpaired) electrons. The van der Waals surface area contributed by atoms with Crippen LogP contribution in [0.4, 0.5) is 0 Å². The molecule has 1 heterocycles. The molecule has 0 aliphatic heterocycles. The first-order valence-corrected chi connectivity index (χ1v) is 7.83. The number of benzene rings is 2. The topological polar surface area (TPSA) is 56.1 Å². The van der Waals surface area contributed by atoms with Crippen molar-refractivity contribution in [1.82, 2.24) is 15.3 Å². The number of carbonyl (C=O) groups excluding carboxylic acids is 1. The number of para-hydroxylation sites is 1. The summed E-state index contributed by atoms with van der Waals surface area (Å²) in [4.78, 5) is 17.5. The minimum Gasteiger partial charge on any atom is -0.274 e. The molecular formula is C19H19N3O2. The van der Waals surface area contributed by atoms with Gasteiger partial charge in [0.2, 0.25) is 0 Å². The van der Waals surface area contributed by atoms with Gasteiger partial charge in [0.1, 0.15) is 5.69 Å². The summed E-state index contributed by atoms with van der Waals surface area (Å²) in [6.07, 6.45) is 1.72. The van der Waals surface area contributed by atoms with E-state index in [1.807, 2.05) is 68.4 Å². The van der Waals surface area contributed by atoms with Gasteiger partial charge >= 0.3 is 0 Å². The van der Waals surface area contributed by atoms with Crippen molar-refractivity contribution in [3.63, 3.8) is 0 Å². The first-order chi connectivity index (χ1) is 11.7. The molecule has 1 amide bonds. The minimum atomic E-state index is -0.311. The third-order valence-corrected chi connectivity index (χ3v) is 3.61. The number of carbonyl (C=O) groups is 1. The molecule has 1 N–H and O–H groups in total. The van der Waals surface area contributed by atoms with Crippen molar-refractivity contribution in [2.24, 2.45) is 0 Å². The molecule has 1 aromatic heterocycles. The van der Waals surface area contributed by atoms with E-state index in [1.54, 1.807) is 10.9 Å². The summed E-state index contributed by atoms with van der Waals surface area (Å²) in [5, 5.41) is 4.61. The normalized spacial score (nSPS) is 10.6. The fraction of sp³-hybridized carbons (Fsp3) is 0.158. The van der Waals surface area contributed by atoms with Crippen LogP contribution in [0, 0.1) is 6.92 Å². The Morgan fingerprint density at radius 2 is 1.83 bits per heavy atom. The SMILES string of the molecule is CCONC(=O)c1cn(-c2ccccc2)nc1-c1ccc(C)cc1. The second kappa shape index (κ2) is 7.10. The zero-order chi connectivity index (χ0) is 16.9. The van der Waals surface area contributed by atoms with Crippen molar-refractivity contribution >= 4 is 5.91 Å². The average Bonchev–Trinajstić information content (AvgIpc) is 3.06. The first-order valence-electron chi connectivity index (χ1n) is 7.83. The van der Waals surface area contributed by atoms with Crippen LogP contribution in [-0.4, -0.2) is 22.3 Å². The predicted octanol–water partition coefficient (Wildman–Crippen LogP) is 3.53. The molecule has 5 nitrogen and oxygen atoms in total. The summed E-state index contributed by atoms with van der Waals surface area (Å²) in [6, 6.07) is 17.6. The Labute approximate surface area is 140 Å². The molecule has 3 aromatic rings. The zero-order valence-corrected chi connectivity index (χ0v) is 13.7. The Morgan fingerprint density at radius 3 is 2.50 bits per heavy atom. The van der Waals surface area contributed by atoms with E-state index in [0.717, 1.165) is 16.8 Å². The number of hydrogen-bond donors (Lipinski definition) is 1. The van der Waals surface area contributed by atoms with Gasteiger partial charge < -0.3 is 0 Å². The van der Waals surface area contributed by atoms with Gasteiger partial charge in [0.25, 0.3) is 5.91 Å². The van der Waals surface area contributed by atoms with Gasteiger partial charge in [-0.2, -0.15) is 5.10 Å². The zero-order valence-electron chi connectivity index (χ0n) is 13.7. The maximum atomic E-state index is 12.4. The first kappa shape index (κ1) is 16.0. The van der Waals surface area contributed by atoms with Crippen LogP contribution in [0.15, 0.2) is 60.8 Å². The van der Waals surface area contributed by atoms with Crippen molar-refractivity contribution in [3.05, 3.63) is 71.9 Å². The third-order valence-electron chi connectivity index (χ3n) is 3.61. The van der Waals surface area contributed by atoms with Gasteiger partial charge in [-0.3, -0.25) is 9.63 Å². The quantitative estimate of drug-likeness (QED) is 0.731. The van der Waals surface area contributed by atoms with Crippen LogP contribution >= 0.6 is 0 Å². The molecule has 5 heteroatoms. The molecule has 3 rings (SSSR count). The maximum absolute atomic E-state index is 12.4. The molecule has 0 saturated carbocycles. The molecule has 0 bridgehead atoms. The van der Waals surface area contributed by atoms with Gasteiger partial charge in [-0.1, -0.05) is 48.0 Å². The molecule has 2 aromatic carbocycles. The lowest BCUT2D eigenvalue weighted by molar-refractivity contribution is 0.0365. The van der Waals surface area contributed by atoms with Gasteiger partial charge in [-0.15, -0.1) is 0 Å². The number of rotatable bonds is 5. The number of amides is 1. The second-order valence-corrected chi connectivity index (χ2v) is 5.40. The minimum absolute atomic E-state index is 0.311. The van der Waals surface area contributed by atoms with Gasteiger partial charge in [-0.25, -0.2) is 10.2 Å². The van der Waals surface area contributed by atoms with Crippen LogP contribution in [0.5, 0.6) is 0 Å². The number of hydroxylamine groups is 1. The lowest BCUT2D eigenvalue weighted by Crippen LogP contribution is -2.23. The number of nitrogens with one attached hydrogen (secondary N) is 1. The summed E-state index contributed by atoms with van der Waals surface area (Å²) in [5.41, 5.74) is 6.46. The Bertz CT molecular complexity index is 824. The molecule has 24 heavy (non-hydrogen) atoms. The molecule has 0 atom stereocenters. The summed E-state index contributed by atoms with van der Waals surface area (Å²) in [7, 11) is 0. The van der Waals surface area contributed by atoms with Gasteiger partial charge in [0, 0.05) is 11.8 Å². The highest BCUT2D eigenvalue weighted by Crippen LogP contribution is 2.24. The molecule has 0 spiro atoms. The highest BCUT2D eigenvalue weighted by atomic mass is 16.6. The van der Waals surface area contributed by atoms with Crippen LogP contribution < -0.4 is 5.48 Å². The van der Waals surface area contributed by atoms with Gasteiger partial charge in [-0.05, 0) is 26.0 Å². The highest BCUT2D eigenvalue weighted by Gasteiger charge is 2.18. The van der Waals surface area contributed by atoms with Crippen LogP contribution in [0.1, 0.15) is 22.8 Å². The summed E-state index contributed by atoms with van der Waals surface area (Å²) in [6.45, 7) is 4.24. The molecule has 0 fully saturated rings. The fourth-order valence-corrected chi connectivity index (χ4v) is 2.37. The second-order valence-electron chi connectivity index (χ2n) is 5.40. The number of nitrogens with zero attached hydrogens (tertiary/aromatic N) is 2. The average molecular weight is 321 g/mol. The van der Waals surface area contributed by atoms with E-state index in [-0.39, 0.29) is 5.91 Å². The Kier molecular flexibility index (Phi) is 4.72. The smallest absolute Gasteiger partial charge is 0.274 e. The van der Waals surface area contributed by atoms with Crippen molar-refractivity contribution in [3.8, 4) is 16.9 Å². The van der Waals surface area contributed by atoms with E-state index in [9.17, 15) is 4.79 Å². The molecule has 0 aliphatic rings. The van der Waals surface area contributed by atoms with E-state index in [4.69, 9.17) is 4.84 Å². The predicted molar refractivity (Wildman–Crippen MR) is 92.8 cm³/mol. The Morgan fingerprint density at radius 1 is 1.12 bits per heavy atom. The van der Waals surface area contributed by atoms with E-state index < -0.39 is 0 Å². The highest BCUT2D eigenvalue weighted by molar-refractivity contribution is 5.99. The van der Waals surface area contributed by atoms with Gasteiger partial charge in [0.05, 0.1) is 17.9 Å². The summed E-state index contributed by atoms with van der Waals surface area (Å²) < 4.78 is 1.70. The number of hydrogen-bond acceptors (Lipinski definition) is 3. The largest absolute Gasteiger partial charge is 0.278 e. The Balaban J connectivity index is 2.06. The lowest BCUT2D eigenvalue weighted by atomic mass is 10.1. The number of aryl methyl sites for hydroxylation is 1. The van der Waals surface area contributed by atoms with E-state index in [0.29, 0.717) is 17.9 Å². The molecular weight excluding hydrogens is 302 g/mol. The van der Waals surface area contributed by atoms with Crippen LogP contribution in [0.25, 0.3) is 16.9 Å². The van der Waals surface area contributed by atoms with E-state index in [2.05, 4.69) is 10.6 Å². The van der Waals surface area contributed by atoms with Crippen LogP contribution in [0.3, 0.4) is 0 Å². The summed E-state index contributed by atoms with van der Waals surface area (Å²) in [5.74, 6) is -0.311. The summed E-state index contributed by atoms with van der Waals surface area (Å²) >= 11 is 0. The molecule has 0 aliphatic carbocycles. The third kappa shape index (κ3) is 3.36. The van der Waals surface area contributed by atoms with Crippen molar-refractivity contribution in [1.29, 1.82) is 0 Å². The maximum Gasteiger partial charge on any atom is 0.278 e. The molecule has 0 saturated heterocycles. The monoisotopic (exact) mass is 321 g/mol.